The predicted molar refractivity (Wildman–Crippen MR) is 60.7 cm³/mol. The van der Waals surface area contributed by atoms with Crippen LogP contribution in [-0.2, 0) is 11.8 Å². The standard InChI is InChI=1S/C11H21N3O/c1-5-11(8-15-4)13-9(2)10-6-12-14(3)7-10/h6-7,9,11,13H,5,8H2,1-4H3. The Kier molecular flexibility index (Phi) is 4.78. The van der Waals surface area contributed by atoms with Gasteiger partial charge in [-0.3, -0.25) is 4.68 Å². The molecule has 2 atom stereocenters. The number of ether oxygens (including phenoxy) is 1. The summed E-state index contributed by atoms with van der Waals surface area (Å²) in [5.41, 5.74) is 1.21. The van der Waals surface area contributed by atoms with Crippen molar-refractivity contribution in [3.8, 4) is 0 Å². The van der Waals surface area contributed by atoms with Crippen LogP contribution in [0.2, 0.25) is 0 Å². The lowest BCUT2D eigenvalue weighted by Gasteiger charge is -2.20. The fraction of sp³-hybridized carbons (Fsp3) is 0.727. The van der Waals surface area contributed by atoms with Crippen molar-refractivity contribution >= 4 is 0 Å². The second-order valence-electron chi connectivity index (χ2n) is 3.90. The van der Waals surface area contributed by atoms with Gasteiger partial charge in [0.15, 0.2) is 0 Å². The minimum atomic E-state index is 0.318. The fourth-order valence-corrected chi connectivity index (χ4v) is 1.60. The summed E-state index contributed by atoms with van der Waals surface area (Å²) in [5.74, 6) is 0. The van der Waals surface area contributed by atoms with E-state index in [2.05, 4.69) is 24.3 Å². The highest BCUT2D eigenvalue weighted by Gasteiger charge is 2.12. The van der Waals surface area contributed by atoms with Crippen LogP contribution in [0.4, 0.5) is 0 Å². The highest BCUT2D eigenvalue weighted by Crippen LogP contribution is 2.12. The molecule has 1 aromatic rings. The van der Waals surface area contributed by atoms with Gasteiger partial charge < -0.3 is 10.1 Å². The first-order valence-electron chi connectivity index (χ1n) is 5.40. The third-order valence-electron chi connectivity index (χ3n) is 2.57. The van der Waals surface area contributed by atoms with Gasteiger partial charge >= 0.3 is 0 Å². The summed E-state index contributed by atoms with van der Waals surface area (Å²) in [7, 11) is 3.67. The van der Waals surface area contributed by atoms with Crippen molar-refractivity contribution in [3.63, 3.8) is 0 Å². The number of methoxy groups -OCH3 is 1. The molecule has 1 rings (SSSR count). The Morgan fingerprint density at radius 3 is 2.80 bits per heavy atom. The number of nitrogens with one attached hydrogen (secondary N) is 1. The monoisotopic (exact) mass is 211 g/mol. The lowest BCUT2D eigenvalue weighted by Crippen LogP contribution is -2.34. The molecule has 0 aliphatic heterocycles. The lowest BCUT2D eigenvalue weighted by atomic mass is 10.1. The summed E-state index contributed by atoms with van der Waals surface area (Å²) in [6, 6.07) is 0.726. The van der Waals surface area contributed by atoms with E-state index < -0.39 is 0 Å². The molecule has 0 aliphatic carbocycles. The van der Waals surface area contributed by atoms with Gasteiger partial charge in [-0.25, -0.2) is 0 Å². The minimum absolute atomic E-state index is 0.318. The van der Waals surface area contributed by atoms with Crippen LogP contribution in [0.5, 0.6) is 0 Å². The quantitative estimate of drug-likeness (QED) is 0.775. The first-order chi connectivity index (χ1) is 7.17. The van der Waals surface area contributed by atoms with Gasteiger partial charge in [0.1, 0.15) is 0 Å². The third kappa shape index (κ3) is 3.64. The first-order valence-corrected chi connectivity index (χ1v) is 5.40. The molecule has 0 fully saturated rings. The number of hydrogen-bond donors (Lipinski definition) is 1. The van der Waals surface area contributed by atoms with Crippen LogP contribution >= 0.6 is 0 Å². The van der Waals surface area contributed by atoms with Crippen molar-refractivity contribution in [3.05, 3.63) is 18.0 Å². The minimum Gasteiger partial charge on any atom is -0.383 e. The zero-order valence-electron chi connectivity index (χ0n) is 10.0. The summed E-state index contributed by atoms with van der Waals surface area (Å²) in [5, 5.41) is 7.68. The molecule has 4 heteroatoms. The Hall–Kier alpha value is -0.870. The largest absolute Gasteiger partial charge is 0.383 e. The SMILES string of the molecule is CCC(COC)NC(C)c1cnn(C)c1. The topological polar surface area (TPSA) is 39.1 Å². The summed E-state index contributed by atoms with van der Waals surface area (Å²) in [6.07, 6.45) is 5.01. The molecule has 4 nitrogen and oxygen atoms in total. The van der Waals surface area contributed by atoms with Crippen molar-refractivity contribution < 1.29 is 4.74 Å². The van der Waals surface area contributed by atoms with Crippen LogP contribution in [0.3, 0.4) is 0 Å². The van der Waals surface area contributed by atoms with Crippen LogP contribution < -0.4 is 5.32 Å². The van der Waals surface area contributed by atoms with Gasteiger partial charge in [0.25, 0.3) is 0 Å². The van der Waals surface area contributed by atoms with E-state index in [4.69, 9.17) is 4.74 Å². The van der Waals surface area contributed by atoms with Crippen LogP contribution in [0.25, 0.3) is 0 Å². The van der Waals surface area contributed by atoms with Gasteiger partial charge in [-0.1, -0.05) is 6.92 Å². The molecular weight excluding hydrogens is 190 g/mol. The molecular formula is C11H21N3O. The zero-order valence-corrected chi connectivity index (χ0v) is 10.0. The smallest absolute Gasteiger partial charge is 0.0615 e. The van der Waals surface area contributed by atoms with E-state index in [1.54, 1.807) is 7.11 Å². The number of aromatic nitrogens is 2. The van der Waals surface area contributed by atoms with Crippen molar-refractivity contribution in [2.75, 3.05) is 13.7 Å². The summed E-state index contributed by atoms with van der Waals surface area (Å²) in [4.78, 5) is 0. The average molecular weight is 211 g/mol. The number of hydrogen-bond acceptors (Lipinski definition) is 3. The molecule has 0 saturated carbocycles. The van der Waals surface area contributed by atoms with Crippen LogP contribution in [0, 0.1) is 0 Å². The maximum Gasteiger partial charge on any atom is 0.0615 e. The molecule has 1 aromatic heterocycles. The Morgan fingerprint density at radius 1 is 1.60 bits per heavy atom. The Balaban J connectivity index is 2.50. The van der Waals surface area contributed by atoms with E-state index in [-0.39, 0.29) is 0 Å². The maximum atomic E-state index is 5.15. The van der Waals surface area contributed by atoms with Gasteiger partial charge in [0.2, 0.25) is 0 Å². The maximum absolute atomic E-state index is 5.15. The van der Waals surface area contributed by atoms with Crippen LogP contribution in [0.15, 0.2) is 12.4 Å². The Labute approximate surface area is 91.6 Å². The molecule has 86 valence electrons. The number of aryl methyl sites for hydroxylation is 1. The second kappa shape index (κ2) is 5.88. The van der Waals surface area contributed by atoms with Crippen LogP contribution in [-0.4, -0.2) is 29.5 Å². The van der Waals surface area contributed by atoms with Crippen LogP contribution in [0.1, 0.15) is 31.9 Å². The highest BCUT2D eigenvalue weighted by molar-refractivity contribution is 5.09. The molecule has 1 N–H and O–H groups in total. The molecule has 0 spiro atoms. The number of rotatable bonds is 6. The summed E-state index contributed by atoms with van der Waals surface area (Å²) < 4.78 is 6.98. The van der Waals surface area contributed by atoms with E-state index in [0.29, 0.717) is 12.1 Å². The molecule has 0 radical (unpaired) electrons. The van der Waals surface area contributed by atoms with Gasteiger partial charge in [0, 0.05) is 38.0 Å². The fourth-order valence-electron chi connectivity index (χ4n) is 1.60. The molecule has 0 bridgehead atoms. The van der Waals surface area contributed by atoms with E-state index in [1.165, 1.54) is 5.56 Å². The number of nitrogens with zero attached hydrogens (tertiary/aromatic N) is 2. The third-order valence-corrected chi connectivity index (χ3v) is 2.57. The molecule has 0 saturated heterocycles. The molecule has 15 heavy (non-hydrogen) atoms. The Morgan fingerprint density at radius 2 is 2.33 bits per heavy atom. The van der Waals surface area contributed by atoms with E-state index in [9.17, 15) is 0 Å². The lowest BCUT2D eigenvalue weighted by molar-refractivity contribution is 0.159. The van der Waals surface area contributed by atoms with Gasteiger partial charge in [-0.2, -0.15) is 5.10 Å². The summed E-state index contributed by atoms with van der Waals surface area (Å²) >= 11 is 0. The van der Waals surface area contributed by atoms with Crippen molar-refractivity contribution in [1.82, 2.24) is 15.1 Å². The van der Waals surface area contributed by atoms with E-state index in [0.717, 1.165) is 13.0 Å². The van der Waals surface area contributed by atoms with E-state index >= 15 is 0 Å². The molecule has 0 amide bonds. The van der Waals surface area contributed by atoms with Gasteiger partial charge in [0.05, 0.1) is 12.8 Å². The van der Waals surface area contributed by atoms with Crippen molar-refractivity contribution in [1.29, 1.82) is 0 Å². The van der Waals surface area contributed by atoms with Crippen molar-refractivity contribution in [2.24, 2.45) is 7.05 Å². The predicted octanol–water partition coefficient (Wildman–Crippen LogP) is 1.50. The summed E-state index contributed by atoms with van der Waals surface area (Å²) in [6.45, 7) is 5.06. The van der Waals surface area contributed by atoms with Gasteiger partial charge in [-0.05, 0) is 13.3 Å². The molecule has 1 heterocycles. The van der Waals surface area contributed by atoms with Crippen molar-refractivity contribution in [2.45, 2.75) is 32.4 Å². The Bertz CT molecular complexity index is 285. The second-order valence-corrected chi connectivity index (χ2v) is 3.90. The molecule has 0 aromatic carbocycles. The zero-order chi connectivity index (χ0) is 11.3. The normalized spacial score (nSPS) is 15.2. The molecule has 2 unspecified atom stereocenters. The molecule has 0 aliphatic rings. The average Bonchev–Trinajstić information content (AvgIpc) is 2.64. The van der Waals surface area contributed by atoms with Gasteiger partial charge in [-0.15, -0.1) is 0 Å². The van der Waals surface area contributed by atoms with E-state index in [1.807, 2.05) is 24.1 Å². The highest BCUT2D eigenvalue weighted by atomic mass is 16.5. The first kappa shape index (κ1) is 12.2.